The number of hydrogen-bond acceptors (Lipinski definition) is 5. The molecule has 0 unspecified atom stereocenters. The predicted octanol–water partition coefficient (Wildman–Crippen LogP) is 2.56. The molecule has 2 N–H and O–H groups in total. The maximum Gasteiger partial charge on any atom is 0.573 e. The summed E-state index contributed by atoms with van der Waals surface area (Å²) in [6.07, 6.45) is -11.5. The Morgan fingerprint density at radius 3 is 2.30 bits per heavy atom. The Labute approximate surface area is 126 Å². The normalized spacial score (nSPS) is 12.2. The van der Waals surface area contributed by atoms with Crippen LogP contribution in [0.2, 0.25) is 0 Å². The van der Waals surface area contributed by atoms with Crippen LogP contribution in [0.15, 0.2) is 6.07 Å². The highest BCUT2D eigenvalue weighted by atomic mass is 19.4. The van der Waals surface area contributed by atoms with Crippen LogP contribution in [0.4, 0.5) is 26.3 Å². The van der Waals surface area contributed by atoms with E-state index in [1.807, 2.05) is 0 Å². The van der Waals surface area contributed by atoms with E-state index in [4.69, 9.17) is 5.73 Å². The zero-order valence-corrected chi connectivity index (χ0v) is 11.7. The van der Waals surface area contributed by atoms with Gasteiger partial charge in [-0.05, 0) is 13.0 Å². The first-order valence-corrected chi connectivity index (χ1v) is 6.19. The Morgan fingerprint density at radius 1 is 1.26 bits per heavy atom. The first-order chi connectivity index (χ1) is 10.5. The van der Waals surface area contributed by atoms with Crippen LogP contribution < -0.4 is 10.5 Å². The van der Waals surface area contributed by atoms with E-state index < -0.39 is 48.5 Å². The summed E-state index contributed by atoms with van der Waals surface area (Å²) in [5.74, 6) is -2.60. The molecular weight excluding hydrogens is 334 g/mol. The fourth-order valence-corrected chi connectivity index (χ4v) is 1.67. The summed E-state index contributed by atoms with van der Waals surface area (Å²) >= 11 is 0. The van der Waals surface area contributed by atoms with E-state index in [9.17, 15) is 31.1 Å². The van der Waals surface area contributed by atoms with Gasteiger partial charge >= 0.3 is 18.5 Å². The van der Waals surface area contributed by atoms with Crippen LogP contribution >= 0.6 is 0 Å². The van der Waals surface area contributed by atoms with Crippen molar-refractivity contribution in [3.63, 3.8) is 0 Å². The maximum atomic E-state index is 12.9. The minimum absolute atomic E-state index is 0.0880. The van der Waals surface area contributed by atoms with E-state index in [1.54, 1.807) is 0 Å². The zero-order valence-electron chi connectivity index (χ0n) is 11.7. The lowest BCUT2D eigenvalue weighted by Crippen LogP contribution is -2.24. The van der Waals surface area contributed by atoms with E-state index in [2.05, 4.69) is 14.5 Å². The Bertz CT molecular complexity index is 571. The molecule has 0 aliphatic carbocycles. The van der Waals surface area contributed by atoms with Crippen molar-refractivity contribution in [2.45, 2.75) is 32.4 Å². The Balaban J connectivity index is 3.46. The maximum absolute atomic E-state index is 12.9. The summed E-state index contributed by atoms with van der Waals surface area (Å²) in [4.78, 5) is 14.4. The summed E-state index contributed by atoms with van der Waals surface area (Å²) in [5.41, 5.74) is 2.28. The number of ether oxygens (including phenoxy) is 2. The Hall–Kier alpha value is -2.04. The third kappa shape index (κ3) is 5.58. The molecule has 0 spiro atoms. The fraction of sp³-hybridized carbons (Fsp3) is 0.500. The van der Waals surface area contributed by atoms with Gasteiger partial charge in [0.2, 0.25) is 0 Å². The van der Waals surface area contributed by atoms with Crippen LogP contribution in [-0.2, 0) is 28.7 Å². The van der Waals surface area contributed by atoms with Crippen molar-refractivity contribution in [2.24, 2.45) is 5.73 Å². The second kappa shape index (κ2) is 7.02. The minimum atomic E-state index is -5.39. The summed E-state index contributed by atoms with van der Waals surface area (Å²) < 4.78 is 84.0. The van der Waals surface area contributed by atoms with Gasteiger partial charge in [0.05, 0.1) is 18.7 Å². The van der Waals surface area contributed by atoms with Crippen LogP contribution in [0.3, 0.4) is 0 Å². The van der Waals surface area contributed by atoms with E-state index in [0.717, 1.165) is 6.07 Å². The molecule has 1 rings (SSSR count). The van der Waals surface area contributed by atoms with Gasteiger partial charge in [0.15, 0.2) is 11.4 Å². The molecule has 0 aliphatic rings. The van der Waals surface area contributed by atoms with Crippen LogP contribution in [0.1, 0.15) is 23.9 Å². The third-order valence-corrected chi connectivity index (χ3v) is 2.44. The van der Waals surface area contributed by atoms with E-state index in [-0.39, 0.29) is 12.3 Å². The first kappa shape index (κ1) is 19.0. The highest BCUT2D eigenvalue weighted by molar-refractivity contribution is 5.73. The van der Waals surface area contributed by atoms with Gasteiger partial charge in [0, 0.05) is 12.1 Å². The molecule has 130 valence electrons. The molecule has 0 saturated carbocycles. The van der Waals surface area contributed by atoms with Crippen molar-refractivity contribution in [3.8, 4) is 5.75 Å². The molecule has 23 heavy (non-hydrogen) atoms. The molecule has 0 radical (unpaired) electrons. The molecule has 1 heterocycles. The third-order valence-electron chi connectivity index (χ3n) is 2.44. The van der Waals surface area contributed by atoms with Crippen molar-refractivity contribution < 1.29 is 40.6 Å². The van der Waals surface area contributed by atoms with Crippen molar-refractivity contribution in [3.05, 3.63) is 23.0 Å². The number of nitrogens with zero attached hydrogens (tertiary/aromatic N) is 1. The molecule has 0 aromatic carbocycles. The second-order valence-corrected chi connectivity index (χ2v) is 4.18. The smallest absolute Gasteiger partial charge is 0.466 e. The predicted molar refractivity (Wildman–Crippen MR) is 64.2 cm³/mol. The molecule has 1 aromatic rings. The lowest BCUT2D eigenvalue weighted by Gasteiger charge is -2.18. The molecule has 0 amide bonds. The number of esters is 1. The quantitative estimate of drug-likeness (QED) is 0.655. The number of hydrogen-bond donors (Lipinski definition) is 1. The topological polar surface area (TPSA) is 74.4 Å². The number of carbonyl (C=O) groups is 1. The van der Waals surface area contributed by atoms with Gasteiger partial charge < -0.3 is 15.2 Å². The SMILES string of the molecule is CCOC(=O)Cc1cc(CN)nc(C(F)(F)F)c1OC(F)(F)F. The highest BCUT2D eigenvalue weighted by Gasteiger charge is 2.42. The highest BCUT2D eigenvalue weighted by Crippen LogP contribution is 2.39. The molecule has 0 atom stereocenters. The Kier molecular flexibility index (Phi) is 5.81. The van der Waals surface area contributed by atoms with Gasteiger partial charge in [-0.15, -0.1) is 13.2 Å². The zero-order chi connectivity index (χ0) is 17.8. The molecule has 0 aliphatic heterocycles. The van der Waals surface area contributed by atoms with Crippen LogP contribution in [0.5, 0.6) is 5.75 Å². The molecule has 5 nitrogen and oxygen atoms in total. The number of aromatic nitrogens is 1. The Morgan fingerprint density at radius 2 is 1.87 bits per heavy atom. The summed E-state index contributed by atoms with van der Waals surface area (Å²) in [6, 6.07) is 0.841. The van der Waals surface area contributed by atoms with E-state index >= 15 is 0 Å². The van der Waals surface area contributed by atoms with Gasteiger partial charge in [0.1, 0.15) is 0 Å². The van der Waals surface area contributed by atoms with Gasteiger partial charge in [-0.1, -0.05) is 0 Å². The number of rotatable bonds is 5. The lowest BCUT2D eigenvalue weighted by atomic mass is 10.1. The summed E-state index contributed by atoms with van der Waals surface area (Å²) in [7, 11) is 0. The standard InChI is InChI=1S/C12H12F6N2O3/c1-2-22-8(21)4-6-3-7(5-19)20-10(11(13,14)15)9(6)23-12(16,17)18/h3H,2,4-5,19H2,1H3. The van der Waals surface area contributed by atoms with Gasteiger partial charge in [0.25, 0.3) is 0 Å². The largest absolute Gasteiger partial charge is 0.573 e. The number of halogens is 6. The molecule has 0 bridgehead atoms. The van der Waals surface area contributed by atoms with Gasteiger partial charge in [-0.2, -0.15) is 13.2 Å². The van der Waals surface area contributed by atoms with Gasteiger partial charge in [-0.25, -0.2) is 4.98 Å². The first-order valence-electron chi connectivity index (χ1n) is 6.19. The monoisotopic (exact) mass is 346 g/mol. The number of nitrogens with two attached hydrogens (primary N) is 1. The van der Waals surface area contributed by atoms with Crippen LogP contribution in [-0.4, -0.2) is 23.9 Å². The minimum Gasteiger partial charge on any atom is -0.466 e. The molecule has 11 heteroatoms. The van der Waals surface area contributed by atoms with E-state index in [0.29, 0.717) is 0 Å². The van der Waals surface area contributed by atoms with Crippen molar-refractivity contribution >= 4 is 5.97 Å². The lowest BCUT2D eigenvalue weighted by molar-refractivity contribution is -0.276. The van der Waals surface area contributed by atoms with Crippen molar-refractivity contribution in [1.29, 1.82) is 0 Å². The van der Waals surface area contributed by atoms with Crippen LogP contribution in [0, 0.1) is 0 Å². The fourth-order valence-electron chi connectivity index (χ4n) is 1.67. The van der Waals surface area contributed by atoms with Crippen LogP contribution in [0.25, 0.3) is 0 Å². The molecular formula is C12H12F6N2O3. The number of alkyl halides is 6. The van der Waals surface area contributed by atoms with Crippen molar-refractivity contribution in [2.75, 3.05) is 6.61 Å². The molecule has 0 fully saturated rings. The number of pyridine rings is 1. The van der Waals surface area contributed by atoms with Gasteiger partial charge in [-0.3, -0.25) is 4.79 Å². The van der Waals surface area contributed by atoms with Crippen molar-refractivity contribution in [1.82, 2.24) is 4.98 Å². The number of carbonyl (C=O) groups excluding carboxylic acids is 1. The average molecular weight is 346 g/mol. The second-order valence-electron chi connectivity index (χ2n) is 4.18. The molecule has 1 aromatic heterocycles. The summed E-state index contributed by atoms with van der Waals surface area (Å²) in [5, 5.41) is 0. The molecule has 0 saturated heterocycles. The van der Waals surface area contributed by atoms with E-state index in [1.165, 1.54) is 6.92 Å². The average Bonchev–Trinajstić information content (AvgIpc) is 2.37. The summed E-state index contributed by atoms with van der Waals surface area (Å²) in [6.45, 7) is 0.879.